The van der Waals surface area contributed by atoms with Crippen LogP contribution in [-0.4, -0.2) is 7.11 Å². The lowest BCUT2D eigenvalue weighted by atomic mass is 10.0. The third kappa shape index (κ3) is 2.21. The molecule has 0 bridgehead atoms. The number of hydrogen-bond acceptors (Lipinski definition) is 3. The molecular formula is C14H12N2O. The summed E-state index contributed by atoms with van der Waals surface area (Å²) in [6.07, 6.45) is 0. The van der Waals surface area contributed by atoms with Crippen LogP contribution in [0.5, 0.6) is 5.75 Å². The van der Waals surface area contributed by atoms with Crippen molar-refractivity contribution in [1.29, 1.82) is 5.26 Å². The fourth-order valence-corrected chi connectivity index (χ4v) is 1.71. The van der Waals surface area contributed by atoms with Gasteiger partial charge in [0.15, 0.2) is 0 Å². The van der Waals surface area contributed by atoms with Crippen molar-refractivity contribution in [3.8, 4) is 22.9 Å². The molecule has 2 N–H and O–H groups in total. The summed E-state index contributed by atoms with van der Waals surface area (Å²) in [5, 5.41) is 8.88. The summed E-state index contributed by atoms with van der Waals surface area (Å²) in [5.74, 6) is 0.745. The minimum atomic E-state index is 0.618. The SMILES string of the molecule is COc1ccc(N)cc1-c1cccc(C#N)c1. The van der Waals surface area contributed by atoms with Crippen LogP contribution in [0.15, 0.2) is 42.5 Å². The lowest BCUT2D eigenvalue weighted by Gasteiger charge is -2.09. The van der Waals surface area contributed by atoms with E-state index in [9.17, 15) is 0 Å². The van der Waals surface area contributed by atoms with E-state index in [0.717, 1.165) is 16.9 Å². The number of nitrogen functional groups attached to an aromatic ring is 1. The van der Waals surface area contributed by atoms with E-state index in [2.05, 4.69) is 6.07 Å². The first-order valence-corrected chi connectivity index (χ1v) is 5.18. The predicted molar refractivity (Wildman–Crippen MR) is 67.6 cm³/mol. The van der Waals surface area contributed by atoms with Crippen molar-refractivity contribution in [2.24, 2.45) is 0 Å². The molecule has 0 fully saturated rings. The molecule has 0 aliphatic heterocycles. The van der Waals surface area contributed by atoms with Crippen molar-refractivity contribution in [3.63, 3.8) is 0 Å². The molecule has 84 valence electrons. The van der Waals surface area contributed by atoms with Gasteiger partial charge in [-0.05, 0) is 35.9 Å². The largest absolute Gasteiger partial charge is 0.496 e. The molecule has 2 aromatic rings. The number of rotatable bonds is 2. The molecule has 3 heteroatoms. The van der Waals surface area contributed by atoms with E-state index < -0.39 is 0 Å². The molecule has 0 amide bonds. The normalized spacial score (nSPS) is 9.65. The number of methoxy groups -OCH3 is 1. The summed E-state index contributed by atoms with van der Waals surface area (Å²) in [5.41, 5.74) is 8.87. The Morgan fingerprint density at radius 2 is 2.00 bits per heavy atom. The van der Waals surface area contributed by atoms with E-state index in [1.807, 2.05) is 30.3 Å². The van der Waals surface area contributed by atoms with Crippen LogP contribution in [0.2, 0.25) is 0 Å². The minimum Gasteiger partial charge on any atom is -0.496 e. The summed E-state index contributed by atoms with van der Waals surface area (Å²) in [6, 6.07) is 14.9. The molecule has 0 spiro atoms. The van der Waals surface area contributed by atoms with E-state index >= 15 is 0 Å². The summed E-state index contributed by atoms with van der Waals surface area (Å²) < 4.78 is 5.29. The van der Waals surface area contributed by atoms with Gasteiger partial charge >= 0.3 is 0 Å². The molecule has 0 heterocycles. The fraction of sp³-hybridized carbons (Fsp3) is 0.0714. The predicted octanol–water partition coefficient (Wildman–Crippen LogP) is 2.82. The van der Waals surface area contributed by atoms with Crippen molar-refractivity contribution in [3.05, 3.63) is 48.0 Å². The standard InChI is InChI=1S/C14H12N2O/c1-17-14-6-5-12(16)8-13(14)11-4-2-3-10(7-11)9-15/h2-8H,16H2,1H3. The summed E-state index contributed by atoms with van der Waals surface area (Å²) >= 11 is 0. The van der Waals surface area contributed by atoms with Gasteiger partial charge in [-0.2, -0.15) is 5.26 Å². The maximum atomic E-state index is 8.88. The molecular weight excluding hydrogens is 212 g/mol. The van der Waals surface area contributed by atoms with Gasteiger partial charge in [0.25, 0.3) is 0 Å². The monoisotopic (exact) mass is 224 g/mol. The second-order valence-electron chi connectivity index (χ2n) is 3.65. The molecule has 0 unspecified atom stereocenters. The van der Waals surface area contributed by atoms with Crippen LogP contribution >= 0.6 is 0 Å². The Morgan fingerprint density at radius 3 is 2.71 bits per heavy atom. The third-order valence-electron chi connectivity index (χ3n) is 2.53. The van der Waals surface area contributed by atoms with Gasteiger partial charge in [0.1, 0.15) is 5.75 Å². The number of anilines is 1. The van der Waals surface area contributed by atoms with Gasteiger partial charge in [0.2, 0.25) is 0 Å². The second-order valence-corrected chi connectivity index (χ2v) is 3.65. The van der Waals surface area contributed by atoms with Crippen LogP contribution in [-0.2, 0) is 0 Å². The van der Waals surface area contributed by atoms with Gasteiger partial charge in [-0.15, -0.1) is 0 Å². The Labute approximate surface area is 100 Å². The second kappa shape index (κ2) is 4.58. The molecule has 0 saturated carbocycles. The maximum Gasteiger partial charge on any atom is 0.126 e. The highest BCUT2D eigenvalue weighted by atomic mass is 16.5. The van der Waals surface area contributed by atoms with Crippen LogP contribution in [0.4, 0.5) is 5.69 Å². The molecule has 0 saturated heterocycles. The molecule has 2 aromatic carbocycles. The van der Waals surface area contributed by atoms with E-state index in [1.165, 1.54) is 0 Å². The average Bonchev–Trinajstić information content (AvgIpc) is 2.39. The number of nitriles is 1. The maximum absolute atomic E-state index is 8.88. The number of benzene rings is 2. The fourth-order valence-electron chi connectivity index (χ4n) is 1.71. The van der Waals surface area contributed by atoms with Crippen LogP contribution in [0.3, 0.4) is 0 Å². The smallest absolute Gasteiger partial charge is 0.126 e. The topological polar surface area (TPSA) is 59.0 Å². The highest BCUT2D eigenvalue weighted by molar-refractivity contribution is 5.74. The molecule has 17 heavy (non-hydrogen) atoms. The Hall–Kier alpha value is -2.47. The van der Waals surface area contributed by atoms with Gasteiger partial charge in [0.05, 0.1) is 18.7 Å². The number of nitrogens with two attached hydrogens (primary N) is 1. The van der Waals surface area contributed by atoms with Crippen LogP contribution in [0, 0.1) is 11.3 Å². The van der Waals surface area contributed by atoms with E-state index in [0.29, 0.717) is 11.3 Å². The average molecular weight is 224 g/mol. The Kier molecular flexibility index (Phi) is 2.97. The number of hydrogen-bond donors (Lipinski definition) is 1. The first-order chi connectivity index (χ1) is 8.24. The third-order valence-corrected chi connectivity index (χ3v) is 2.53. The highest BCUT2D eigenvalue weighted by Gasteiger charge is 2.06. The molecule has 0 aromatic heterocycles. The Bertz CT molecular complexity index is 585. The van der Waals surface area contributed by atoms with Crippen LogP contribution in [0.1, 0.15) is 5.56 Å². The lowest BCUT2D eigenvalue weighted by molar-refractivity contribution is 0.416. The first kappa shape index (κ1) is 11.0. The quantitative estimate of drug-likeness (QED) is 0.798. The van der Waals surface area contributed by atoms with Crippen molar-refractivity contribution >= 4 is 5.69 Å². The zero-order valence-corrected chi connectivity index (χ0v) is 9.47. The molecule has 0 aliphatic rings. The van der Waals surface area contributed by atoms with E-state index in [-0.39, 0.29) is 0 Å². The highest BCUT2D eigenvalue weighted by Crippen LogP contribution is 2.31. The molecule has 0 radical (unpaired) electrons. The molecule has 0 aliphatic carbocycles. The summed E-state index contributed by atoms with van der Waals surface area (Å²) in [6.45, 7) is 0. The Morgan fingerprint density at radius 1 is 1.18 bits per heavy atom. The molecule has 2 rings (SSSR count). The zero-order valence-electron chi connectivity index (χ0n) is 9.47. The lowest BCUT2D eigenvalue weighted by Crippen LogP contribution is -1.91. The molecule has 0 atom stereocenters. The summed E-state index contributed by atoms with van der Waals surface area (Å²) in [4.78, 5) is 0. The zero-order chi connectivity index (χ0) is 12.3. The van der Waals surface area contributed by atoms with E-state index in [4.69, 9.17) is 15.7 Å². The van der Waals surface area contributed by atoms with Crippen LogP contribution < -0.4 is 10.5 Å². The molecule has 3 nitrogen and oxygen atoms in total. The van der Waals surface area contributed by atoms with Gasteiger partial charge in [-0.3, -0.25) is 0 Å². The van der Waals surface area contributed by atoms with Gasteiger partial charge in [0, 0.05) is 11.3 Å². The first-order valence-electron chi connectivity index (χ1n) is 5.18. The number of ether oxygens (including phenoxy) is 1. The van der Waals surface area contributed by atoms with E-state index in [1.54, 1.807) is 19.2 Å². The van der Waals surface area contributed by atoms with Crippen LogP contribution in [0.25, 0.3) is 11.1 Å². The Balaban J connectivity index is 2.59. The van der Waals surface area contributed by atoms with Crippen molar-refractivity contribution < 1.29 is 4.74 Å². The van der Waals surface area contributed by atoms with Gasteiger partial charge < -0.3 is 10.5 Å². The van der Waals surface area contributed by atoms with Crippen molar-refractivity contribution in [1.82, 2.24) is 0 Å². The minimum absolute atomic E-state index is 0.618. The number of nitrogens with zero attached hydrogens (tertiary/aromatic N) is 1. The van der Waals surface area contributed by atoms with Gasteiger partial charge in [-0.1, -0.05) is 12.1 Å². The van der Waals surface area contributed by atoms with Crippen molar-refractivity contribution in [2.45, 2.75) is 0 Å². The summed E-state index contributed by atoms with van der Waals surface area (Å²) in [7, 11) is 1.61. The van der Waals surface area contributed by atoms with Gasteiger partial charge in [-0.25, -0.2) is 0 Å². The van der Waals surface area contributed by atoms with Crippen molar-refractivity contribution in [2.75, 3.05) is 12.8 Å².